The highest BCUT2D eigenvalue weighted by Gasteiger charge is 2.27. The van der Waals surface area contributed by atoms with Crippen LogP contribution in [0.15, 0.2) is 0 Å². The molecule has 0 radical (unpaired) electrons. The molecule has 106 valence electrons. The first-order chi connectivity index (χ1) is 8.47. The Morgan fingerprint density at radius 2 is 1.89 bits per heavy atom. The summed E-state index contributed by atoms with van der Waals surface area (Å²) in [5.74, 6) is -0.333. The first-order valence-electron chi connectivity index (χ1n) is 6.50. The summed E-state index contributed by atoms with van der Waals surface area (Å²) in [5.41, 5.74) is 0. The van der Waals surface area contributed by atoms with Crippen LogP contribution in [0.4, 0.5) is 0 Å². The summed E-state index contributed by atoms with van der Waals surface area (Å²) >= 11 is 0. The van der Waals surface area contributed by atoms with E-state index in [2.05, 4.69) is 4.74 Å². The molecular weight excluding hydrogens is 254 g/mol. The summed E-state index contributed by atoms with van der Waals surface area (Å²) in [4.78, 5) is 10.9. The van der Waals surface area contributed by atoms with Crippen LogP contribution in [-0.2, 0) is 19.6 Å². The Hall–Kier alpha value is -0.620. The van der Waals surface area contributed by atoms with Gasteiger partial charge in [-0.15, -0.1) is 0 Å². The summed E-state index contributed by atoms with van der Waals surface area (Å²) in [7, 11) is -0.272. The van der Waals surface area contributed by atoms with E-state index in [1.165, 1.54) is 17.8 Å². The molecule has 0 N–H and O–H groups in total. The van der Waals surface area contributed by atoms with Crippen molar-refractivity contribution in [2.75, 3.05) is 19.9 Å². The van der Waals surface area contributed by atoms with Gasteiger partial charge in [-0.1, -0.05) is 19.3 Å². The Morgan fingerprint density at radius 1 is 1.28 bits per heavy atom. The van der Waals surface area contributed by atoms with Crippen LogP contribution >= 0.6 is 0 Å². The topological polar surface area (TPSA) is 63.7 Å². The number of carbonyl (C=O) groups is 1. The molecule has 1 rings (SSSR count). The fraction of sp³-hybridized carbons (Fsp3) is 0.917. The van der Waals surface area contributed by atoms with Crippen LogP contribution in [-0.4, -0.2) is 44.6 Å². The average molecular weight is 277 g/mol. The summed E-state index contributed by atoms with van der Waals surface area (Å²) < 4.78 is 30.1. The largest absolute Gasteiger partial charge is 0.469 e. The second kappa shape index (κ2) is 7.09. The lowest BCUT2D eigenvalue weighted by molar-refractivity contribution is -0.140. The van der Waals surface area contributed by atoms with Crippen molar-refractivity contribution in [3.63, 3.8) is 0 Å². The smallest absolute Gasteiger partial charge is 0.305 e. The summed E-state index contributed by atoms with van der Waals surface area (Å²) in [6.45, 7) is 0. The van der Waals surface area contributed by atoms with Crippen molar-refractivity contribution in [2.45, 2.75) is 51.0 Å². The SMILES string of the molecule is COC(=O)CCCS(=O)(=O)N(C)C1CCCCC1. The molecule has 6 heteroatoms. The summed E-state index contributed by atoms with van der Waals surface area (Å²) in [6, 6.07) is 0.141. The lowest BCUT2D eigenvalue weighted by Crippen LogP contribution is -2.39. The number of rotatable bonds is 6. The van der Waals surface area contributed by atoms with E-state index in [1.807, 2.05) is 0 Å². The van der Waals surface area contributed by atoms with Gasteiger partial charge in [0, 0.05) is 19.5 Å². The molecule has 0 atom stereocenters. The van der Waals surface area contributed by atoms with E-state index >= 15 is 0 Å². The molecule has 1 saturated carbocycles. The van der Waals surface area contributed by atoms with Crippen LogP contribution in [0.1, 0.15) is 44.9 Å². The van der Waals surface area contributed by atoms with Crippen molar-refractivity contribution in [2.24, 2.45) is 0 Å². The number of nitrogens with zero attached hydrogens (tertiary/aromatic N) is 1. The predicted octanol–water partition coefficient (Wildman–Crippen LogP) is 1.53. The van der Waals surface area contributed by atoms with Crippen LogP contribution in [0, 0.1) is 0 Å². The van der Waals surface area contributed by atoms with Gasteiger partial charge in [0.25, 0.3) is 0 Å². The number of esters is 1. The number of methoxy groups -OCH3 is 1. The molecule has 0 saturated heterocycles. The Morgan fingerprint density at radius 3 is 2.44 bits per heavy atom. The lowest BCUT2D eigenvalue weighted by atomic mass is 9.96. The molecule has 0 aliphatic heterocycles. The molecule has 0 amide bonds. The molecule has 5 nitrogen and oxygen atoms in total. The van der Waals surface area contributed by atoms with Crippen molar-refractivity contribution in [1.29, 1.82) is 0 Å². The first kappa shape index (κ1) is 15.4. The summed E-state index contributed by atoms with van der Waals surface area (Å²) in [5, 5.41) is 0. The minimum atomic E-state index is -3.24. The lowest BCUT2D eigenvalue weighted by Gasteiger charge is -2.30. The molecule has 0 spiro atoms. The normalized spacial score (nSPS) is 17.9. The highest BCUT2D eigenvalue weighted by molar-refractivity contribution is 7.89. The fourth-order valence-electron chi connectivity index (χ4n) is 2.32. The van der Waals surface area contributed by atoms with Gasteiger partial charge in [0.05, 0.1) is 12.9 Å². The fourth-order valence-corrected chi connectivity index (χ4v) is 3.78. The maximum absolute atomic E-state index is 12.1. The molecule has 0 aromatic carbocycles. The highest BCUT2D eigenvalue weighted by atomic mass is 32.2. The van der Waals surface area contributed by atoms with Gasteiger partial charge in [0.15, 0.2) is 0 Å². The minimum Gasteiger partial charge on any atom is -0.469 e. The van der Waals surface area contributed by atoms with Gasteiger partial charge >= 0.3 is 5.97 Å². The zero-order chi connectivity index (χ0) is 13.6. The third kappa shape index (κ3) is 4.57. The van der Waals surface area contributed by atoms with E-state index in [9.17, 15) is 13.2 Å². The standard InChI is InChI=1S/C12H23NO4S/c1-13(11-7-4-3-5-8-11)18(15,16)10-6-9-12(14)17-2/h11H,3-10H2,1-2H3. The molecule has 1 aliphatic carbocycles. The maximum Gasteiger partial charge on any atom is 0.305 e. The van der Waals surface area contributed by atoms with Crippen molar-refractivity contribution >= 4 is 16.0 Å². The molecule has 0 aromatic rings. The molecule has 0 heterocycles. The zero-order valence-corrected chi connectivity index (χ0v) is 12.0. The van der Waals surface area contributed by atoms with Gasteiger partial charge in [-0.05, 0) is 19.3 Å². The van der Waals surface area contributed by atoms with Gasteiger partial charge in [0.2, 0.25) is 10.0 Å². The molecule has 0 bridgehead atoms. The number of hydrogen-bond acceptors (Lipinski definition) is 4. The third-order valence-electron chi connectivity index (χ3n) is 3.54. The van der Waals surface area contributed by atoms with E-state index in [-0.39, 0.29) is 24.2 Å². The highest BCUT2D eigenvalue weighted by Crippen LogP contribution is 2.23. The first-order valence-corrected chi connectivity index (χ1v) is 8.11. The Kier molecular flexibility index (Phi) is 6.08. The van der Waals surface area contributed by atoms with Gasteiger partial charge < -0.3 is 4.74 Å². The number of carbonyl (C=O) groups excluding carboxylic acids is 1. The van der Waals surface area contributed by atoms with Gasteiger partial charge in [-0.3, -0.25) is 4.79 Å². The van der Waals surface area contributed by atoms with E-state index in [1.54, 1.807) is 7.05 Å². The van der Waals surface area contributed by atoms with Crippen molar-refractivity contribution < 1.29 is 17.9 Å². The second-order valence-corrected chi connectivity index (χ2v) is 6.95. The quantitative estimate of drug-likeness (QED) is 0.691. The van der Waals surface area contributed by atoms with Crippen LogP contribution in [0.25, 0.3) is 0 Å². The predicted molar refractivity (Wildman–Crippen MR) is 69.7 cm³/mol. The molecule has 0 aromatic heterocycles. The molecular formula is C12H23NO4S. The van der Waals surface area contributed by atoms with Gasteiger partial charge in [-0.25, -0.2) is 12.7 Å². The molecule has 1 aliphatic rings. The second-order valence-electron chi connectivity index (χ2n) is 4.80. The van der Waals surface area contributed by atoms with Crippen LogP contribution < -0.4 is 0 Å². The van der Waals surface area contributed by atoms with Crippen molar-refractivity contribution in [3.8, 4) is 0 Å². The van der Waals surface area contributed by atoms with E-state index in [0.717, 1.165) is 25.7 Å². The Bertz CT molecular complexity index is 360. The Balaban J connectivity index is 2.43. The maximum atomic E-state index is 12.1. The molecule has 0 unspecified atom stereocenters. The van der Waals surface area contributed by atoms with E-state index in [0.29, 0.717) is 6.42 Å². The van der Waals surface area contributed by atoms with E-state index in [4.69, 9.17) is 0 Å². The zero-order valence-electron chi connectivity index (χ0n) is 11.2. The third-order valence-corrected chi connectivity index (χ3v) is 5.52. The number of ether oxygens (including phenoxy) is 1. The van der Waals surface area contributed by atoms with Gasteiger partial charge in [0.1, 0.15) is 0 Å². The van der Waals surface area contributed by atoms with Crippen molar-refractivity contribution in [3.05, 3.63) is 0 Å². The Labute approximate surface area is 110 Å². The average Bonchev–Trinajstić information content (AvgIpc) is 2.38. The van der Waals surface area contributed by atoms with Crippen LogP contribution in [0.2, 0.25) is 0 Å². The molecule has 18 heavy (non-hydrogen) atoms. The van der Waals surface area contributed by atoms with Gasteiger partial charge in [-0.2, -0.15) is 0 Å². The molecule has 1 fully saturated rings. The minimum absolute atomic E-state index is 0.0229. The number of sulfonamides is 1. The van der Waals surface area contributed by atoms with E-state index < -0.39 is 10.0 Å². The number of hydrogen-bond donors (Lipinski definition) is 0. The van der Waals surface area contributed by atoms with Crippen LogP contribution in [0.5, 0.6) is 0 Å². The van der Waals surface area contributed by atoms with Crippen molar-refractivity contribution in [1.82, 2.24) is 4.31 Å². The monoisotopic (exact) mass is 277 g/mol. The van der Waals surface area contributed by atoms with Crippen LogP contribution in [0.3, 0.4) is 0 Å². The summed E-state index contributed by atoms with van der Waals surface area (Å²) in [6.07, 6.45) is 5.80.